The summed E-state index contributed by atoms with van der Waals surface area (Å²) in [6.45, 7) is 0. The zero-order valence-electron chi connectivity index (χ0n) is 15.5. The Bertz CT molecular complexity index is 426. The van der Waals surface area contributed by atoms with Crippen molar-refractivity contribution in [2.24, 2.45) is 0 Å². The lowest BCUT2D eigenvalue weighted by Gasteiger charge is -2.02. The Hall–Kier alpha value is -1.30. The van der Waals surface area contributed by atoms with E-state index in [1.807, 2.05) is 0 Å². The zero-order chi connectivity index (χ0) is 16.7. The first kappa shape index (κ1) is 19.0. The summed E-state index contributed by atoms with van der Waals surface area (Å²) in [7, 11) is 0. The molecule has 0 spiro atoms. The van der Waals surface area contributed by atoms with Crippen LogP contribution in [-0.2, 0) is 0 Å². The Labute approximate surface area is 150 Å². The minimum atomic E-state index is 1.21. The molecule has 0 atom stereocenters. The topological polar surface area (TPSA) is 0 Å². The lowest BCUT2D eigenvalue weighted by molar-refractivity contribution is 0.635. The van der Waals surface area contributed by atoms with Gasteiger partial charge in [0.05, 0.1) is 0 Å². The van der Waals surface area contributed by atoms with Gasteiger partial charge in [-0.3, -0.25) is 0 Å². The van der Waals surface area contributed by atoms with Crippen molar-refractivity contribution in [1.82, 2.24) is 0 Å². The predicted molar refractivity (Wildman–Crippen MR) is 108 cm³/mol. The van der Waals surface area contributed by atoms with Gasteiger partial charge < -0.3 is 0 Å². The molecule has 0 nitrogen and oxygen atoms in total. The van der Waals surface area contributed by atoms with Gasteiger partial charge >= 0.3 is 0 Å². The van der Waals surface area contributed by atoms with Gasteiger partial charge in [-0.2, -0.15) is 0 Å². The van der Waals surface area contributed by atoms with Crippen molar-refractivity contribution in [1.29, 1.82) is 0 Å². The predicted octanol–water partition coefficient (Wildman–Crippen LogP) is 8.00. The van der Waals surface area contributed by atoms with Crippen LogP contribution in [0.1, 0.15) is 89.9 Å². The second kappa shape index (κ2) is 13.0. The Morgan fingerprint density at radius 3 is 1.46 bits per heavy atom. The van der Waals surface area contributed by atoms with Crippen LogP contribution in [0.25, 0.3) is 0 Å². The molecular weight excluding hydrogens is 288 g/mol. The van der Waals surface area contributed by atoms with E-state index in [4.69, 9.17) is 0 Å². The van der Waals surface area contributed by atoms with Crippen molar-refractivity contribution < 1.29 is 0 Å². The molecule has 2 rings (SSSR count). The lowest BCUT2D eigenvalue weighted by atomic mass is 10.0. The minimum Gasteiger partial charge on any atom is -0.0885 e. The van der Waals surface area contributed by atoms with Gasteiger partial charge in [0.25, 0.3) is 0 Å². The molecule has 0 saturated carbocycles. The summed E-state index contributed by atoms with van der Waals surface area (Å²) >= 11 is 0. The van der Waals surface area contributed by atoms with Gasteiger partial charge in [-0.25, -0.2) is 0 Å². The van der Waals surface area contributed by atoms with Crippen LogP contribution in [0.3, 0.4) is 0 Å². The molecule has 2 aliphatic rings. The SMILES string of the molecule is C1=CCC(CCCCCC/C=C/CCCCCCC2=CC=CC2)=C1. The van der Waals surface area contributed by atoms with E-state index in [0.717, 1.165) is 0 Å². The Kier molecular flexibility index (Phi) is 10.3. The highest BCUT2D eigenvalue weighted by Crippen LogP contribution is 2.19. The van der Waals surface area contributed by atoms with E-state index in [0.29, 0.717) is 0 Å². The average Bonchev–Trinajstić information content (AvgIpc) is 3.28. The molecule has 0 heteroatoms. The largest absolute Gasteiger partial charge is 0.0885 e. The summed E-state index contributed by atoms with van der Waals surface area (Å²) in [4.78, 5) is 0. The van der Waals surface area contributed by atoms with Gasteiger partial charge in [0.1, 0.15) is 0 Å². The fourth-order valence-electron chi connectivity index (χ4n) is 3.53. The molecule has 0 unspecified atom stereocenters. The van der Waals surface area contributed by atoms with Crippen molar-refractivity contribution in [3.8, 4) is 0 Å². The van der Waals surface area contributed by atoms with Crippen LogP contribution in [0.15, 0.2) is 59.8 Å². The van der Waals surface area contributed by atoms with Gasteiger partial charge in [0.15, 0.2) is 0 Å². The van der Waals surface area contributed by atoms with Crippen molar-refractivity contribution in [2.75, 3.05) is 0 Å². The Morgan fingerprint density at radius 1 is 0.583 bits per heavy atom. The number of hydrogen-bond donors (Lipinski definition) is 0. The van der Waals surface area contributed by atoms with Gasteiger partial charge in [-0.1, -0.05) is 85.4 Å². The molecule has 0 N–H and O–H groups in total. The fourth-order valence-corrected chi connectivity index (χ4v) is 3.53. The molecule has 0 bridgehead atoms. The van der Waals surface area contributed by atoms with E-state index in [9.17, 15) is 0 Å². The first-order valence-corrected chi connectivity index (χ1v) is 10.3. The maximum absolute atomic E-state index is 2.42. The second-order valence-electron chi connectivity index (χ2n) is 7.29. The van der Waals surface area contributed by atoms with Crippen LogP contribution in [0.4, 0.5) is 0 Å². The molecular formula is C24H36. The third-order valence-electron chi connectivity index (χ3n) is 5.10. The highest BCUT2D eigenvalue weighted by Gasteiger charge is 1.99. The van der Waals surface area contributed by atoms with Gasteiger partial charge in [0.2, 0.25) is 0 Å². The first-order chi connectivity index (χ1) is 11.9. The van der Waals surface area contributed by atoms with E-state index < -0.39 is 0 Å². The van der Waals surface area contributed by atoms with Crippen LogP contribution in [0.5, 0.6) is 0 Å². The number of unbranched alkanes of at least 4 members (excludes halogenated alkanes) is 8. The van der Waals surface area contributed by atoms with Crippen molar-refractivity contribution >= 4 is 0 Å². The summed E-state index contributed by atoms with van der Waals surface area (Å²) in [5, 5.41) is 0. The highest BCUT2D eigenvalue weighted by molar-refractivity contribution is 5.23. The van der Waals surface area contributed by atoms with Crippen molar-refractivity contribution in [3.63, 3.8) is 0 Å². The molecule has 0 aliphatic heterocycles. The average molecular weight is 325 g/mol. The third kappa shape index (κ3) is 9.11. The normalized spacial score (nSPS) is 16.3. The van der Waals surface area contributed by atoms with Crippen LogP contribution in [0.2, 0.25) is 0 Å². The zero-order valence-corrected chi connectivity index (χ0v) is 15.5. The molecule has 0 fully saturated rings. The molecule has 24 heavy (non-hydrogen) atoms. The fraction of sp³-hybridized carbons (Fsp3) is 0.583. The molecule has 0 aromatic rings. The number of hydrogen-bond acceptors (Lipinski definition) is 0. The second-order valence-corrected chi connectivity index (χ2v) is 7.29. The quantitative estimate of drug-likeness (QED) is 0.224. The van der Waals surface area contributed by atoms with E-state index in [1.165, 1.54) is 89.9 Å². The standard InChI is InChI=1S/C24H36/c1(3-5-7-9-11-17-23-19-13-14-20-23)2-4-6-8-10-12-18-24-21-15-16-22-24/h1-2,13-16,19,21H,3-12,17-18,20,22H2/b2-1+. The van der Waals surface area contributed by atoms with Crippen molar-refractivity contribution in [3.05, 3.63) is 59.8 Å². The van der Waals surface area contributed by atoms with E-state index >= 15 is 0 Å². The Morgan fingerprint density at radius 2 is 1.04 bits per heavy atom. The van der Waals surface area contributed by atoms with E-state index in [1.54, 1.807) is 11.1 Å². The first-order valence-electron chi connectivity index (χ1n) is 10.3. The monoisotopic (exact) mass is 324 g/mol. The van der Waals surface area contributed by atoms with Crippen molar-refractivity contribution in [2.45, 2.75) is 89.9 Å². The molecule has 0 aromatic carbocycles. The van der Waals surface area contributed by atoms with Crippen LogP contribution >= 0.6 is 0 Å². The third-order valence-corrected chi connectivity index (χ3v) is 5.10. The van der Waals surface area contributed by atoms with Gasteiger partial charge in [0, 0.05) is 0 Å². The number of allylic oxidation sites excluding steroid dienone is 10. The summed E-state index contributed by atoms with van der Waals surface area (Å²) in [5.74, 6) is 0. The highest BCUT2D eigenvalue weighted by atomic mass is 14.1. The maximum Gasteiger partial charge on any atom is -0.0133 e. The van der Waals surface area contributed by atoms with Crippen LogP contribution in [-0.4, -0.2) is 0 Å². The summed E-state index contributed by atoms with van der Waals surface area (Å²) in [6, 6.07) is 0. The summed E-state index contributed by atoms with van der Waals surface area (Å²) in [6.07, 6.45) is 37.1. The summed E-state index contributed by atoms with van der Waals surface area (Å²) in [5.41, 5.74) is 3.26. The van der Waals surface area contributed by atoms with Crippen LogP contribution in [0, 0.1) is 0 Å². The lowest BCUT2D eigenvalue weighted by Crippen LogP contribution is -1.82. The van der Waals surface area contributed by atoms with E-state index in [2.05, 4.69) is 48.6 Å². The van der Waals surface area contributed by atoms with Gasteiger partial charge in [-0.15, -0.1) is 0 Å². The van der Waals surface area contributed by atoms with E-state index in [-0.39, 0.29) is 0 Å². The maximum atomic E-state index is 2.42. The molecule has 0 amide bonds. The Balaban J connectivity index is 1.28. The smallest absolute Gasteiger partial charge is 0.0133 e. The molecule has 2 aliphatic carbocycles. The molecule has 0 radical (unpaired) electrons. The molecule has 132 valence electrons. The van der Waals surface area contributed by atoms with Crippen LogP contribution < -0.4 is 0 Å². The summed E-state index contributed by atoms with van der Waals surface area (Å²) < 4.78 is 0. The number of rotatable bonds is 14. The molecule has 0 heterocycles. The van der Waals surface area contributed by atoms with Gasteiger partial charge in [-0.05, 0) is 64.2 Å². The molecule has 0 aromatic heterocycles. The molecule has 0 saturated heterocycles. The minimum absolute atomic E-state index is 1.21.